The van der Waals surface area contributed by atoms with Crippen molar-refractivity contribution in [2.24, 2.45) is 11.8 Å². The topological polar surface area (TPSA) is 37.4 Å². The summed E-state index contributed by atoms with van der Waals surface area (Å²) in [6.07, 6.45) is 7.21. The summed E-state index contributed by atoms with van der Waals surface area (Å²) in [6.45, 7) is 3.01. The normalized spacial score (nSPS) is 35.4. The standard InChI is InChI=1S/C13H21NO2/c1-10(16)7-14-8-12-5-3-2-4-11(12)6-13(14)9-15/h9,11-13H,2-8H2,1H3. The van der Waals surface area contributed by atoms with Crippen LogP contribution in [-0.4, -0.2) is 36.1 Å². The zero-order valence-corrected chi connectivity index (χ0v) is 10.0. The molecule has 3 unspecified atom stereocenters. The first kappa shape index (κ1) is 11.8. The van der Waals surface area contributed by atoms with Gasteiger partial charge < -0.3 is 4.79 Å². The zero-order chi connectivity index (χ0) is 11.5. The molecule has 1 aliphatic heterocycles. The number of carbonyl (C=O) groups is 2. The van der Waals surface area contributed by atoms with Crippen molar-refractivity contribution in [2.45, 2.75) is 45.1 Å². The number of likely N-dealkylation sites (tertiary alicyclic amines) is 1. The van der Waals surface area contributed by atoms with E-state index in [1.807, 2.05) is 0 Å². The van der Waals surface area contributed by atoms with E-state index >= 15 is 0 Å². The number of Topliss-reactive ketones (excluding diaryl/α,β-unsaturated/α-hetero) is 1. The quantitative estimate of drug-likeness (QED) is 0.683. The molecule has 1 heterocycles. The van der Waals surface area contributed by atoms with Crippen LogP contribution in [0.1, 0.15) is 39.0 Å². The fourth-order valence-corrected chi connectivity index (χ4v) is 3.34. The molecule has 3 heteroatoms. The van der Waals surface area contributed by atoms with Crippen molar-refractivity contribution < 1.29 is 9.59 Å². The highest BCUT2D eigenvalue weighted by Gasteiger charge is 2.36. The fourth-order valence-electron chi connectivity index (χ4n) is 3.34. The van der Waals surface area contributed by atoms with Crippen molar-refractivity contribution in [3.05, 3.63) is 0 Å². The van der Waals surface area contributed by atoms with Crippen molar-refractivity contribution >= 4 is 12.1 Å². The summed E-state index contributed by atoms with van der Waals surface area (Å²) in [5.41, 5.74) is 0. The minimum absolute atomic E-state index is 0.0109. The summed E-state index contributed by atoms with van der Waals surface area (Å²) in [7, 11) is 0. The molecular weight excluding hydrogens is 202 g/mol. The van der Waals surface area contributed by atoms with Crippen LogP contribution in [0.5, 0.6) is 0 Å². The number of ketones is 1. The predicted molar refractivity (Wildman–Crippen MR) is 62.2 cm³/mol. The molecule has 2 fully saturated rings. The first-order valence-electron chi connectivity index (χ1n) is 6.39. The number of rotatable bonds is 3. The Morgan fingerprint density at radius 1 is 1.31 bits per heavy atom. The van der Waals surface area contributed by atoms with Crippen LogP contribution in [0.3, 0.4) is 0 Å². The SMILES string of the molecule is CC(=O)CN1CC2CCCCC2CC1C=O. The van der Waals surface area contributed by atoms with Crippen molar-refractivity contribution in [3.8, 4) is 0 Å². The third kappa shape index (κ3) is 2.51. The number of piperidine rings is 1. The molecule has 3 atom stereocenters. The van der Waals surface area contributed by atoms with Gasteiger partial charge in [0.05, 0.1) is 12.6 Å². The lowest BCUT2D eigenvalue weighted by Crippen LogP contribution is -2.50. The predicted octanol–water partition coefficient (Wildman–Crippen LogP) is 1.66. The molecule has 90 valence electrons. The number of hydrogen-bond donors (Lipinski definition) is 0. The molecule has 2 rings (SSSR count). The van der Waals surface area contributed by atoms with Crippen molar-refractivity contribution in [2.75, 3.05) is 13.1 Å². The van der Waals surface area contributed by atoms with E-state index in [-0.39, 0.29) is 11.8 Å². The molecule has 1 aliphatic carbocycles. The molecule has 3 nitrogen and oxygen atoms in total. The van der Waals surface area contributed by atoms with Crippen molar-refractivity contribution in [1.82, 2.24) is 4.90 Å². The number of hydrogen-bond acceptors (Lipinski definition) is 3. The van der Waals surface area contributed by atoms with Gasteiger partial charge in [0.25, 0.3) is 0 Å². The highest BCUT2D eigenvalue weighted by Crippen LogP contribution is 2.37. The minimum atomic E-state index is -0.0109. The third-order valence-corrected chi connectivity index (χ3v) is 4.13. The highest BCUT2D eigenvalue weighted by molar-refractivity contribution is 5.78. The molecule has 16 heavy (non-hydrogen) atoms. The van der Waals surface area contributed by atoms with Gasteiger partial charge in [0.2, 0.25) is 0 Å². The largest absolute Gasteiger partial charge is 0.302 e. The Bertz CT molecular complexity index is 277. The van der Waals surface area contributed by atoms with Crippen LogP contribution in [0.15, 0.2) is 0 Å². The molecule has 0 N–H and O–H groups in total. The second-order valence-electron chi connectivity index (χ2n) is 5.38. The molecule has 0 amide bonds. The summed E-state index contributed by atoms with van der Waals surface area (Å²) < 4.78 is 0. The summed E-state index contributed by atoms with van der Waals surface area (Å²) in [6, 6.07) is -0.0109. The minimum Gasteiger partial charge on any atom is -0.302 e. The van der Waals surface area contributed by atoms with E-state index in [9.17, 15) is 9.59 Å². The molecule has 2 aliphatic rings. The number of aldehydes is 1. The lowest BCUT2D eigenvalue weighted by atomic mass is 9.73. The molecule has 0 aromatic carbocycles. The maximum atomic E-state index is 11.2. The summed E-state index contributed by atoms with van der Waals surface area (Å²) >= 11 is 0. The van der Waals surface area contributed by atoms with Gasteiger partial charge in [0, 0.05) is 6.54 Å². The van der Waals surface area contributed by atoms with E-state index < -0.39 is 0 Å². The van der Waals surface area contributed by atoms with Crippen LogP contribution < -0.4 is 0 Å². The number of carbonyl (C=O) groups excluding carboxylic acids is 2. The smallest absolute Gasteiger partial charge is 0.143 e. The van der Waals surface area contributed by atoms with Crippen LogP contribution in [0.2, 0.25) is 0 Å². The average molecular weight is 223 g/mol. The van der Waals surface area contributed by atoms with Gasteiger partial charge in [0.15, 0.2) is 0 Å². The van der Waals surface area contributed by atoms with Gasteiger partial charge in [-0.15, -0.1) is 0 Å². The molecule has 0 aromatic heterocycles. The average Bonchev–Trinajstić information content (AvgIpc) is 2.27. The number of fused-ring (bicyclic) bond motifs is 1. The maximum Gasteiger partial charge on any atom is 0.143 e. The van der Waals surface area contributed by atoms with Crippen LogP contribution in [-0.2, 0) is 9.59 Å². The molecule has 0 radical (unpaired) electrons. The Kier molecular flexibility index (Phi) is 3.74. The van der Waals surface area contributed by atoms with Crippen molar-refractivity contribution in [3.63, 3.8) is 0 Å². The van der Waals surface area contributed by atoms with E-state index in [1.165, 1.54) is 25.7 Å². The van der Waals surface area contributed by atoms with Gasteiger partial charge in [-0.3, -0.25) is 9.69 Å². The van der Waals surface area contributed by atoms with Crippen LogP contribution in [0.25, 0.3) is 0 Å². The van der Waals surface area contributed by atoms with E-state index in [2.05, 4.69) is 4.90 Å². The lowest BCUT2D eigenvalue weighted by molar-refractivity contribution is -0.122. The Labute approximate surface area is 97.2 Å². The summed E-state index contributed by atoms with van der Waals surface area (Å²) in [5, 5.41) is 0. The molecule has 0 bridgehead atoms. The molecule has 0 aromatic rings. The van der Waals surface area contributed by atoms with Gasteiger partial charge >= 0.3 is 0 Å². The highest BCUT2D eigenvalue weighted by atomic mass is 16.1. The lowest BCUT2D eigenvalue weighted by Gasteiger charge is -2.44. The van der Waals surface area contributed by atoms with Gasteiger partial charge in [-0.05, 0) is 31.6 Å². The van der Waals surface area contributed by atoms with Crippen LogP contribution in [0.4, 0.5) is 0 Å². The van der Waals surface area contributed by atoms with Crippen LogP contribution >= 0.6 is 0 Å². The van der Waals surface area contributed by atoms with Gasteiger partial charge in [-0.1, -0.05) is 19.3 Å². The first-order valence-corrected chi connectivity index (χ1v) is 6.39. The molecular formula is C13H21NO2. The van der Waals surface area contributed by atoms with Gasteiger partial charge in [-0.2, -0.15) is 0 Å². The Morgan fingerprint density at radius 3 is 2.62 bits per heavy atom. The van der Waals surface area contributed by atoms with E-state index in [0.29, 0.717) is 6.54 Å². The first-order chi connectivity index (χ1) is 7.70. The molecule has 1 saturated heterocycles. The zero-order valence-electron chi connectivity index (χ0n) is 10.0. The molecule has 0 spiro atoms. The Hall–Kier alpha value is -0.700. The second kappa shape index (κ2) is 5.09. The third-order valence-electron chi connectivity index (χ3n) is 4.13. The number of nitrogens with zero attached hydrogens (tertiary/aromatic N) is 1. The fraction of sp³-hybridized carbons (Fsp3) is 0.846. The second-order valence-corrected chi connectivity index (χ2v) is 5.38. The van der Waals surface area contributed by atoms with Gasteiger partial charge in [0.1, 0.15) is 12.1 Å². The maximum absolute atomic E-state index is 11.2. The summed E-state index contributed by atoms with van der Waals surface area (Å²) in [4.78, 5) is 24.3. The molecule has 1 saturated carbocycles. The van der Waals surface area contributed by atoms with E-state index in [1.54, 1.807) is 6.92 Å². The van der Waals surface area contributed by atoms with E-state index in [4.69, 9.17) is 0 Å². The Morgan fingerprint density at radius 2 is 2.00 bits per heavy atom. The van der Waals surface area contributed by atoms with Gasteiger partial charge in [-0.25, -0.2) is 0 Å². The van der Waals surface area contributed by atoms with E-state index in [0.717, 1.165) is 31.1 Å². The van der Waals surface area contributed by atoms with Crippen LogP contribution in [0, 0.1) is 11.8 Å². The monoisotopic (exact) mass is 223 g/mol. The van der Waals surface area contributed by atoms with Crippen molar-refractivity contribution in [1.29, 1.82) is 0 Å². The Balaban J connectivity index is 2.01. The summed E-state index contributed by atoms with van der Waals surface area (Å²) in [5.74, 6) is 1.62.